The van der Waals surface area contributed by atoms with Gasteiger partial charge in [0.2, 0.25) is 5.91 Å². The number of aromatic amines is 1. The molecule has 0 aliphatic heterocycles. The Hall–Kier alpha value is -3.15. The second kappa shape index (κ2) is 10.6. The van der Waals surface area contributed by atoms with Crippen LogP contribution in [-0.4, -0.2) is 27.8 Å². The number of aromatic nitrogens is 2. The number of amides is 2. The minimum absolute atomic E-state index is 0.0199. The monoisotopic (exact) mass is 446 g/mol. The number of nitrogens with one attached hydrogen (secondary N) is 3. The predicted molar refractivity (Wildman–Crippen MR) is 133 cm³/mol. The molecule has 0 saturated heterocycles. The number of fused-ring (bicyclic) bond motifs is 1. The zero-order valence-electron chi connectivity index (χ0n) is 19.6. The number of H-pyrrole nitrogens is 1. The molecule has 1 heterocycles. The molecule has 174 valence electrons. The molecule has 0 spiro atoms. The normalized spacial score (nSPS) is 15.3. The molecule has 2 amide bonds. The van der Waals surface area contributed by atoms with E-state index in [4.69, 9.17) is 0 Å². The van der Waals surface area contributed by atoms with Crippen molar-refractivity contribution in [2.24, 2.45) is 5.92 Å². The first-order valence-electron chi connectivity index (χ1n) is 12.3. The number of hydrogen-bond acceptors (Lipinski definition) is 3. The summed E-state index contributed by atoms with van der Waals surface area (Å²) in [6, 6.07) is 13.6. The molecule has 1 atom stereocenters. The van der Waals surface area contributed by atoms with Crippen LogP contribution in [0.4, 0.5) is 5.69 Å². The highest BCUT2D eigenvalue weighted by Gasteiger charge is 2.18. The first-order valence-corrected chi connectivity index (χ1v) is 12.3. The molecule has 1 fully saturated rings. The van der Waals surface area contributed by atoms with Gasteiger partial charge in [-0.2, -0.15) is 0 Å². The van der Waals surface area contributed by atoms with Gasteiger partial charge in [0.1, 0.15) is 5.82 Å². The van der Waals surface area contributed by atoms with Crippen LogP contribution < -0.4 is 10.6 Å². The highest BCUT2D eigenvalue weighted by atomic mass is 16.2. The topological polar surface area (TPSA) is 86.9 Å². The van der Waals surface area contributed by atoms with Gasteiger partial charge in [0.25, 0.3) is 5.91 Å². The lowest BCUT2D eigenvalue weighted by atomic mass is 9.95. The van der Waals surface area contributed by atoms with Crippen molar-refractivity contribution in [3.05, 3.63) is 48.0 Å². The molecule has 0 bridgehead atoms. The molecule has 4 rings (SSSR count). The van der Waals surface area contributed by atoms with Crippen molar-refractivity contribution in [2.75, 3.05) is 5.32 Å². The van der Waals surface area contributed by atoms with E-state index >= 15 is 0 Å². The Morgan fingerprint density at radius 3 is 2.52 bits per heavy atom. The van der Waals surface area contributed by atoms with Crippen molar-refractivity contribution in [3.8, 4) is 11.4 Å². The number of carbonyl (C=O) groups excluding carboxylic acids is 2. The van der Waals surface area contributed by atoms with E-state index in [0.717, 1.165) is 60.2 Å². The minimum Gasteiger partial charge on any atom is -0.349 e. The second-order valence-electron chi connectivity index (χ2n) is 9.09. The van der Waals surface area contributed by atoms with Gasteiger partial charge in [-0.3, -0.25) is 9.59 Å². The summed E-state index contributed by atoms with van der Waals surface area (Å²) in [6.07, 6.45) is 8.52. The number of anilines is 1. The average Bonchev–Trinajstić information content (AvgIpc) is 3.27. The van der Waals surface area contributed by atoms with E-state index in [1.165, 1.54) is 19.3 Å². The van der Waals surface area contributed by atoms with Gasteiger partial charge in [0.05, 0.1) is 11.0 Å². The number of rotatable bonds is 8. The summed E-state index contributed by atoms with van der Waals surface area (Å²) in [5.74, 6) is 0.850. The Bertz CT molecular complexity index is 1100. The van der Waals surface area contributed by atoms with Crippen molar-refractivity contribution < 1.29 is 9.59 Å². The van der Waals surface area contributed by atoms with Gasteiger partial charge in [0, 0.05) is 28.8 Å². The number of benzene rings is 2. The van der Waals surface area contributed by atoms with Crippen molar-refractivity contribution in [1.82, 2.24) is 15.3 Å². The van der Waals surface area contributed by atoms with Crippen molar-refractivity contribution >= 4 is 28.5 Å². The third-order valence-corrected chi connectivity index (χ3v) is 6.61. The summed E-state index contributed by atoms with van der Waals surface area (Å²) < 4.78 is 0. The molecule has 1 saturated carbocycles. The standard InChI is InChI=1S/C27H34N4O2/c1-3-8-18(4-2)26(32)29-22-14-11-19(12-15-22)25-30-23-16-13-20(17-24(23)31-25)27(33)28-21-9-6-5-7-10-21/h11-18,21H,3-10H2,1-2H3,(H,28,33)(H,29,32)(H,30,31). The van der Waals surface area contributed by atoms with E-state index in [9.17, 15) is 9.59 Å². The third kappa shape index (κ3) is 5.62. The molecular formula is C27H34N4O2. The maximum atomic E-state index is 12.7. The summed E-state index contributed by atoms with van der Waals surface area (Å²) in [7, 11) is 0. The fraction of sp³-hybridized carbons (Fsp3) is 0.444. The number of hydrogen-bond donors (Lipinski definition) is 3. The van der Waals surface area contributed by atoms with Crippen LogP contribution in [0, 0.1) is 5.92 Å². The van der Waals surface area contributed by atoms with Crippen LogP contribution in [0.2, 0.25) is 0 Å². The molecule has 33 heavy (non-hydrogen) atoms. The van der Waals surface area contributed by atoms with E-state index in [1.807, 2.05) is 42.5 Å². The molecule has 6 nitrogen and oxygen atoms in total. The molecular weight excluding hydrogens is 412 g/mol. The van der Waals surface area contributed by atoms with Gasteiger partial charge >= 0.3 is 0 Å². The van der Waals surface area contributed by atoms with Crippen LogP contribution >= 0.6 is 0 Å². The fourth-order valence-electron chi connectivity index (χ4n) is 4.63. The highest BCUT2D eigenvalue weighted by Crippen LogP contribution is 2.24. The third-order valence-electron chi connectivity index (χ3n) is 6.61. The number of carbonyl (C=O) groups is 2. The van der Waals surface area contributed by atoms with Crippen molar-refractivity contribution in [1.29, 1.82) is 0 Å². The summed E-state index contributed by atoms with van der Waals surface area (Å²) in [5.41, 5.74) is 4.03. The molecule has 1 aliphatic rings. The molecule has 2 aromatic carbocycles. The Kier molecular flexibility index (Phi) is 7.43. The van der Waals surface area contributed by atoms with Gasteiger partial charge in [-0.25, -0.2) is 4.98 Å². The Morgan fingerprint density at radius 2 is 1.82 bits per heavy atom. The fourth-order valence-corrected chi connectivity index (χ4v) is 4.63. The Balaban J connectivity index is 1.45. The highest BCUT2D eigenvalue weighted by molar-refractivity contribution is 5.98. The van der Waals surface area contributed by atoms with Gasteiger partial charge < -0.3 is 15.6 Å². The molecule has 1 aliphatic carbocycles. The first-order chi connectivity index (χ1) is 16.1. The summed E-state index contributed by atoms with van der Waals surface area (Å²) in [5, 5.41) is 6.19. The van der Waals surface area contributed by atoms with Crippen LogP contribution in [0.1, 0.15) is 75.6 Å². The van der Waals surface area contributed by atoms with E-state index in [0.29, 0.717) is 5.56 Å². The number of imidazole rings is 1. The molecule has 3 aromatic rings. The van der Waals surface area contributed by atoms with Gasteiger partial charge in [0.15, 0.2) is 0 Å². The zero-order valence-corrected chi connectivity index (χ0v) is 19.6. The van der Waals surface area contributed by atoms with Crippen LogP contribution in [0.5, 0.6) is 0 Å². The average molecular weight is 447 g/mol. The number of nitrogens with zero attached hydrogens (tertiary/aromatic N) is 1. The zero-order chi connectivity index (χ0) is 23.2. The quantitative estimate of drug-likeness (QED) is 0.393. The van der Waals surface area contributed by atoms with Gasteiger partial charge in [-0.1, -0.05) is 39.5 Å². The lowest BCUT2D eigenvalue weighted by Crippen LogP contribution is -2.36. The summed E-state index contributed by atoms with van der Waals surface area (Å²) in [6.45, 7) is 4.15. The summed E-state index contributed by atoms with van der Waals surface area (Å²) >= 11 is 0. The van der Waals surface area contributed by atoms with Crippen molar-refractivity contribution in [2.45, 2.75) is 71.3 Å². The first kappa shape index (κ1) is 23.0. The SMILES string of the molecule is CCCC(CC)C(=O)Nc1ccc(-c2nc3ccc(C(=O)NC4CCCCC4)cc3[nH]2)cc1. The molecule has 1 aromatic heterocycles. The van der Waals surface area contributed by atoms with Crippen LogP contribution in [0.15, 0.2) is 42.5 Å². The lowest BCUT2D eigenvalue weighted by Gasteiger charge is -2.22. The van der Waals surface area contributed by atoms with Crippen LogP contribution in [0.25, 0.3) is 22.4 Å². The van der Waals surface area contributed by atoms with Crippen LogP contribution in [-0.2, 0) is 4.79 Å². The second-order valence-corrected chi connectivity index (χ2v) is 9.09. The predicted octanol–water partition coefficient (Wildman–Crippen LogP) is 6.06. The van der Waals surface area contributed by atoms with Crippen molar-refractivity contribution in [3.63, 3.8) is 0 Å². The smallest absolute Gasteiger partial charge is 0.251 e. The van der Waals surface area contributed by atoms with Crippen LogP contribution in [0.3, 0.4) is 0 Å². The van der Waals surface area contributed by atoms with E-state index < -0.39 is 0 Å². The Labute approximate surface area is 195 Å². The molecule has 3 N–H and O–H groups in total. The van der Waals surface area contributed by atoms with E-state index in [2.05, 4.69) is 34.4 Å². The lowest BCUT2D eigenvalue weighted by molar-refractivity contribution is -0.120. The van der Waals surface area contributed by atoms with Gasteiger partial charge in [-0.15, -0.1) is 0 Å². The molecule has 1 unspecified atom stereocenters. The summed E-state index contributed by atoms with van der Waals surface area (Å²) in [4.78, 5) is 33.2. The maximum Gasteiger partial charge on any atom is 0.251 e. The van der Waals surface area contributed by atoms with E-state index in [-0.39, 0.29) is 23.8 Å². The Morgan fingerprint density at radius 1 is 1.06 bits per heavy atom. The molecule has 6 heteroatoms. The maximum absolute atomic E-state index is 12.7. The minimum atomic E-state index is -0.0199. The largest absolute Gasteiger partial charge is 0.349 e. The van der Waals surface area contributed by atoms with E-state index in [1.54, 1.807) is 0 Å². The van der Waals surface area contributed by atoms with Gasteiger partial charge in [-0.05, 0) is 68.1 Å². The molecule has 0 radical (unpaired) electrons.